The van der Waals surface area contributed by atoms with Crippen LogP contribution in [0.2, 0.25) is 0 Å². The zero-order valence-electron chi connectivity index (χ0n) is 18.0. The second kappa shape index (κ2) is 8.27. The van der Waals surface area contributed by atoms with Crippen molar-refractivity contribution < 1.29 is 8.37 Å². The molecule has 6 unspecified atom stereocenters. The molecule has 0 saturated heterocycles. The minimum absolute atomic E-state index is 0.614. The maximum Gasteiger partial charge on any atom is 0.0757 e. The fourth-order valence-electron chi connectivity index (χ4n) is 6.18. The minimum Gasteiger partial charge on any atom is -0.275 e. The molecule has 2 aromatic rings. The normalized spacial score (nSPS) is 33.4. The molecular formula is C28H32O2S. The van der Waals surface area contributed by atoms with Gasteiger partial charge in [0.1, 0.15) is 0 Å². The second-order valence-electron chi connectivity index (χ2n) is 9.78. The predicted octanol–water partition coefficient (Wildman–Crippen LogP) is 7.20. The van der Waals surface area contributed by atoms with Gasteiger partial charge in [0, 0.05) is 0 Å². The summed E-state index contributed by atoms with van der Waals surface area (Å²) < 4.78 is 14.0. The molecule has 4 aliphatic carbocycles. The Labute approximate surface area is 188 Å². The first-order chi connectivity index (χ1) is 15.3. The number of allylic oxidation sites excluding steroid dienone is 4. The van der Waals surface area contributed by atoms with E-state index in [1.165, 1.54) is 35.5 Å². The first-order valence-electron chi connectivity index (χ1n) is 11.9. The summed E-state index contributed by atoms with van der Waals surface area (Å²) in [6.45, 7) is 1.56. The lowest BCUT2D eigenvalue weighted by molar-refractivity contribution is 0.181. The van der Waals surface area contributed by atoms with Gasteiger partial charge in [0.2, 0.25) is 0 Å². The van der Waals surface area contributed by atoms with E-state index < -0.39 is 10.6 Å². The molecule has 6 atom stereocenters. The Morgan fingerprint density at radius 2 is 1.03 bits per heavy atom. The summed E-state index contributed by atoms with van der Waals surface area (Å²) in [5, 5.41) is 0. The summed E-state index contributed by atoms with van der Waals surface area (Å²) in [6, 6.07) is 21.4. The SMILES string of the molecule is C1=CC2CC1CC2COS(OCC1CC2C=CC1C2)(c1ccccc1)c1ccccc1. The van der Waals surface area contributed by atoms with Crippen LogP contribution in [-0.2, 0) is 8.37 Å². The number of fused-ring (bicyclic) bond motifs is 4. The van der Waals surface area contributed by atoms with Crippen LogP contribution < -0.4 is 0 Å². The van der Waals surface area contributed by atoms with Crippen LogP contribution in [0.3, 0.4) is 0 Å². The Balaban J connectivity index is 1.31. The monoisotopic (exact) mass is 432 g/mol. The summed E-state index contributed by atoms with van der Waals surface area (Å²) >= 11 is 0. The van der Waals surface area contributed by atoms with Crippen LogP contribution in [-0.4, -0.2) is 13.2 Å². The van der Waals surface area contributed by atoms with Gasteiger partial charge in [0.15, 0.2) is 0 Å². The van der Waals surface area contributed by atoms with Gasteiger partial charge in [-0.1, -0.05) is 60.7 Å². The smallest absolute Gasteiger partial charge is 0.0757 e. The van der Waals surface area contributed by atoms with Crippen molar-refractivity contribution in [2.75, 3.05) is 13.2 Å². The molecule has 0 aromatic heterocycles. The number of hydrogen-bond acceptors (Lipinski definition) is 2. The molecule has 0 spiro atoms. The molecule has 4 bridgehead atoms. The fourth-order valence-corrected chi connectivity index (χ4v) is 8.83. The van der Waals surface area contributed by atoms with Crippen molar-refractivity contribution in [3.63, 3.8) is 0 Å². The average Bonchev–Trinajstić information content (AvgIpc) is 3.63. The van der Waals surface area contributed by atoms with Crippen molar-refractivity contribution in [1.29, 1.82) is 0 Å². The molecule has 3 heteroatoms. The van der Waals surface area contributed by atoms with Crippen molar-refractivity contribution in [3.05, 3.63) is 85.0 Å². The Hall–Kier alpha value is -1.81. The molecule has 2 nitrogen and oxygen atoms in total. The van der Waals surface area contributed by atoms with E-state index in [4.69, 9.17) is 8.37 Å². The van der Waals surface area contributed by atoms with Gasteiger partial charge >= 0.3 is 0 Å². The highest BCUT2D eigenvalue weighted by Crippen LogP contribution is 2.65. The van der Waals surface area contributed by atoms with Crippen LogP contribution in [0.4, 0.5) is 0 Å². The first kappa shape index (κ1) is 19.8. The predicted molar refractivity (Wildman–Crippen MR) is 127 cm³/mol. The third kappa shape index (κ3) is 3.71. The molecule has 4 aliphatic rings. The zero-order chi connectivity index (χ0) is 20.7. The quantitative estimate of drug-likeness (QED) is 0.411. The van der Waals surface area contributed by atoms with E-state index in [1.54, 1.807) is 0 Å². The van der Waals surface area contributed by atoms with Gasteiger partial charge in [0.05, 0.1) is 23.0 Å². The zero-order valence-corrected chi connectivity index (χ0v) is 18.8. The maximum absolute atomic E-state index is 6.99. The molecule has 0 heterocycles. The van der Waals surface area contributed by atoms with Gasteiger partial charge in [-0.2, -0.15) is 0 Å². The van der Waals surface area contributed by atoms with E-state index in [-0.39, 0.29) is 0 Å². The largest absolute Gasteiger partial charge is 0.275 e. The lowest BCUT2D eigenvalue weighted by Gasteiger charge is -2.45. The fraction of sp³-hybridized carbons (Fsp3) is 0.429. The summed E-state index contributed by atoms with van der Waals surface area (Å²) in [5.74, 6) is 4.12. The van der Waals surface area contributed by atoms with Gasteiger partial charge in [-0.05, 0) is 85.5 Å². The van der Waals surface area contributed by atoms with E-state index >= 15 is 0 Å². The van der Waals surface area contributed by atoms with E-state index in [1.807, 2.05) is 0 Å². The Bertz CT molecular complexity index is 874. The summed E-state index contributed by atoms with van der Waals surface area (Å²) in [7, 11) is -2.01. The van der Waals surface area contributed by atoms with Gasteiger partial charge in [-0.3, -0.25) is 8.37 Å². The molecule has 2 aromatic carbocycles. The molecule has 0 amide bonds. The van der Waals surface area contributed by atoms with Gasteiger partial charge in [0.25, 0.3) is 0 Å². The van der Waals surface area contributed by atoms with Crippen LogP contribution >= 0.6 is 10.6 Å². The maximum atomic E-state index is 6.99. The van der Waals surface area contributed by atoms with Crippen LogP contribution in [0, 0.1) is 35.5 Å². The molecular weight excluding hydrogens is 400 g/mol. The van der Waals surface area contributed by atoms with Gasteiger partial charge in [-0.15, -0.1) is 10.6 Å². The van der Waals surface area contributed by atoms with Gasteiger partial charge < -0.3 is 0 Å². The van der Waals surface area contributed by atoms with Crippen molar-refractivity contribution in [3.8, 4) is 0 Å². The standard InChI is InChI=1S/C28H32O2S/c1-3-7-27(8-4-1)31(28-9-5-2-6-10-28,29-19-25-17-21-11-13-23(25)15-21)30-20-26-18-22-12-14-24(26)16-22/h1-14,21-26H,15-20H2. The van der Waals surface area contributed by atoms with Crippen molar-refractivity contribution in [2.45, 2.75) is 35.5 Å². The highest BCUT2D eigenvalue weighted by atomic mass is 32.3. The molecule has 31 heavy (non-hydrogen) atoms. The van der Waals surface area contributed by atoms with Crippen LogP contribution in [0.5, 0.6) is 0 Å². The van der Waals surface area contributed by atoms with Crippen LogP contribution in [0.25, 0.3) is 0 Å². The number of hydrogen-bond donors (Lipinski definition) is 0. The number of benzene rings is 2. The third-order valence-corrected chi connectivity index (χ3v) is 10.6. The summed E-state index contributed by atoms with van der Waals surface area (Å²) in [6.07, 6.45) is 14.8. The lowest BCUT2D eigenvalue weighted by atomic mass is 9.95. The molecule has 6 rings (SSSR count). The molecule has 162 valence electrons. The van der Waals surface area contributed by atoms with Gasteiger partial charge in [-0.25, -0.2) is 0 Å². The van der Waals surface area contributed by atoms with Crippen LogP contribution in [0.1, 0.15) is 25.7 Å². The number of rotatable bonds is 8. The summed E-state index contributed by atoms with van der Waals surface area (Å²) in [4.78, 5) is 2.36. The van der Waals surface area contributed by atoms with E-state index in [0.29, 0.717) is 23.7 Å². The van der Waals surface area contributed by atoms with Crippen molar-refractivity contribution in [2.24, 2.45) is 35.5 Å². The van der Waals surface area contributed by atoms with Crippen LogP contribution in [0.15, 0.2) is 94.8 Å². The topological polar surface area (TPSA) is 18.5 Å². The van der Waals surface area contributed by atoms with E-state index in [0.717, 1.165) is 25.0 Å². The molecule has 2 fully saturated rings. The molecule has 0 N–H and O–H groups in total. The highest BCUT2D eigenvalue weighted by molar-refractivity contribution is 8.26. The van der Waals surface area contributed by atoms with E-state index in [2.05, 4.69) is 85.0 Å². The third-order valence-electron chi connectivity index (χ3n) is 7.84. The Morgan fingerprint density at radius 1 is 0.581 bits per heavy atom. The lowest BCUT2D eigenvalue weighted by Crippen LogP contribution is -2.22. The summed E-state index contributed by atoms with van der Waals surface area (Å²) in [5.41, 5.74) is 0. The molecule has 0 aliphatic heterocycles. The average molecular weight is 433 g/mol. The Morgan fingerprint density at radius 3 is 1.39 bits per heavy atom. The molecule has 0 radical (unpaired) electrons. The first-order valence-corrected chi connectivity index (χ1v) is 13.4. The van der Waals surface area contributed by atoms with Crippen molar-refractivity contribution >= 4 is 10.6 Å². The second-order valence-corrected chi connectivity index (χ2v) is 12.2. The molecule has 2 saturated carbocycles. The highest BCUT2D eigenvalue weighted by Gasteiger charge is 2.40. The minimum atomic E-state index is -2.01. The van der Waals surface area contributed by atoms with E-state index in [9.17, 15) is 0 Å². The Kier molecular flexibility index (Phi) is 5.30. The van der Waals surface area contributed by atoms with Crippen molar-refractivity contribution in [1.82, 2.24) is 0 Å².